The SMILES string of the molecule is C=CCN(C)C/C=C(\C)CC/C=C(\C)C(=O)CCC=C(C)C. The predicted octanol–water partition coefficient (Wildman–Crippen LogP) is 5.09. The van der Waals surface area contributed by atoms with Gasteiger partial charge < -0.3 is 0 Å². The van der Waals surface area contributed by atoms with Gasteiger partial charge in [0.05, 0.1) is 0 Å². The van der Waals surface area contributed by atoms with Gasteiger partial charge in [-0.3, -0.25) is 9.69 Å². The van der Waals surface area contributed by atoms with E-state index < -0.39 is 0 Å². The summed E-state index contributed by atoms with van der Waals surface area (Å²) < 4.78 is 0. The highest BCUT2D eigenvalue weighted by atomic mass is 16.1. The van der Waals surface area contributed by atoms with Crippen LogP contribution in [-0.4, -0.2) is 30.8 Å². The van der Waals surface area contributed by atoms with Crippen LogP contribution in [0.4, 0.5) is 0 Å². The van der Waals surface area contributed by atoms with E-state index in [-0.39, 0.29) is 5.78 Å². The molecule has 0 amide bonds. The van der Waals surface area contributed by atoms with Gasteiger partial charge in [-0.15, -0.1) is 6.58 Å². The number of ketones is 1. The first-order chi connectivity index (χ1) is 10.4. The first-order valence-corrected chi connectivity index (χ1v) is 8.15. The summed E-state index contributed by atoms with van der Waals surface area (Å²) in [6.45, 7) is 13.8. The molecule has 0 aliphatic heterocycles. The van der Waals surface area contributed by atoms with Crippen molar-refractivity contribution < 1.29 is 4.79 Å². The lowest BCUT2D eigenvalue weighted by molar-refractivity contribution is -0.115. The van der Waals surface area contributed by atoms with Crippen molar-refractivity contribution in [3.8, 4) is 0 Å². The molecule has 0 saturated heterocycles. The normalized spacial score (nSPS) is 12.5. The molecule has 0 heterocycles. The first-order valence-electron chi connectivity index (χ1n) is 8.15. The Balaban J connectivity index is 4.13. The van der Waals surface area contributed by atoms with Crippen molar-refractivity contribution in [2.75, 3.05) is 20.1 Å². The fraction of sp³-hybridized carbons (Fsp3) is 0.550. The molecule has 0 radical (unpaired) electrons. The topological polar surface area (TPSA) is 20.3 Å². The van der Waals surface area contributed by atoms with Crippen LogP contribution in [0.1, 0.15) is 53.4 Å². The minimum atomic E-state index is 0.268. The summed E-state index contributed by atoms with van der Waals surface area (Å²) in [7, 11) is 2.08. The van der Waals surface area contributed by atoms with Gasteiger partial charge in [-0.1, -0.05) is 35.5 Å². The first kappa shape index (κ1) is 20.6. The maximum Gasteiger partial charge on any atom is 0.158 e. The number of allylic oxidation sites excluding steroid dienone is 5. The number of hydrogen-bond acceptors (Lipinski definition) is 2. The molecule has 0 rings (SSSR count). The lowest BCUT2D eigenvalue weighted by Gasteiger charge is -2.11. The van der Waals surface area contributed by atoms with Crippen molar-refractivity contribution in [1.82, 2.24) is 4.90 Å². The molecule has 22 heavy (non-hydrogen) atoms. The van der Waals surface area contributed by atoms with Crippen molar-refractivity contribution in [3.63, 3.8) is 0 Å². The van der Waals surface area contributed by atoms with Crippen LogP contribution in [-0.2, 0) is 4.79 Å². The average Bonchev–Trinajstić information content (AvgIpc) is 2.44. The Morgan fingerprint density at radius 3 is 2.18 bits per heavy atom. The predicted molar refractivity (Wildman–Crippen MR) is 98.1 cm³/mol. The minimum Gasteiger partial charge on any atom is -0.299 e. The van der Waals surface area contributed by atoms with E-state index in [2.05, 4.69) is 57.5 Å². The number of rotatable bonds is 11. The van der Waals surface area contributed by atoms with Gasteiger partial charge in [0.25, 0.3) is 0 Å². The molecule has 0 aliphatic carbocycles. The third kappa shape index (κ3) is 11.3. The van der Waals surface area contributed by atoms with Crippen LogP contribution in [0.3, 0.4) is 0 Å². The van der Waals surface area contributed by atoms with Crippen LogP contribution in [0.15, 0.2) is 47.6 Å². The Morgan fingerprint density at radius 1 is 0.955 bits per heavy atom. The Morgan fingerprint density at radius 2 is 1.59 bits per heavy atom. The molecule has 0 fully saturated rings. The Kier molecular flexibility index (Phi) is 11.4. The summed E-state index contributed by atoms with van der Waals surface area (Å²) in [4.78, 5) is 14.2. The fourth-order valence-corrected chi connectivity index (χ4v) is 2.03. The molecular formula is C20H33NO. The number of Topliss-reactive ketones (excluding diaryl/α,β-unsaturated/α-hetero) is 1. The van der Waals surface area contributed by atoms with Crippen LogP contribution in [0, 0.1) is 0 Å². The van der Waals surface area contributed by atoms with Crippen molar-refractivity contribution in [2.24, 2.45) is 0 Å². The van der Waals surface area contributed by atoms with E-state index in [1.54, 1.807) is 0 Å². The van der Waals surface area contributed by atoms with Crippen LogP contribution >= 0.6 is 0 Å². The molecule has 0 atom stereocenters. The highest BCUT2D eigenvalue weighted by Crippen LogP contribution is 2.10. The van der Waals surface area contributed by atoms with Crippen LogP contribution in [0.5, 0.6) is 0 Å². The van der Waals surface area contributed by atoms with E-state index in [0.29, 0.717) is 6.42 Å². The van der Waals surface area contributed by atoms with Gasteiger partial charge in [0.1, 0.15) is 0 Å². The molecule has 0 aromatic rings. The van der Waals surface area contributed by atoms with Gasteiger partial charge in [0.15, 0.2) is 5.78 Å². The van der Waals surface area contributed by atoms with E-state index in [0.717, 1.165) is 37.9 Å². The molecule has 0 bridgehead atoms. The smallest absolute Gasteiger partial charge is 0.158 e. The molecule has 0 aromatic carbocycles. The molecule has 0 aromatic heterocycles. The second kappa shape index (κ2) is 12.2. The van der Waals surface area contributed by atoms with E-state index in [1.165, 1.54) is 11.1 Å². The second-order valence-electron chi connectivity index (χ2n) is 6.23. The molecule has 0 unspecified atom stereocenters. The zero-order valence-corrected chi connectivity index (χ0v) is 15.1. The summed E-state index contributed by atoms with van der Waals surface area (Å²) in [6, 6.07) is 0. The lowest BCUT2D eigenvalue weighted by Crippen LogP contribution is -2.18. The Labute approximate surface area is 137 Å². The van der Waals surface area contributed by atoms with Crippen LogP contribution in [0.25, 0.3) is 0 Å². The van der Waals surface area contributed by atoms with Crippen LogP contribution in [0.2, 0.25) is 0 Å². The largest absolute Gasteiger partial charge is 0.299 e. The molecule has 0 aliphatic rings. The van der Waals surface area contributed by atoms with Crippen molar-refractivity contribution >= 4 is 5.78 Å². The third-order valence-electron chi connectivity index (χ3n) is 3.55. The maximum atomic E-state index is 12.0. The zero-order chi connectivity index (χ0) is 17.0. The molecule has 0 spiro atoms. The molecule has 2 heteroatoms. The van der Waals surface area contributed by atoms with Crippen molar-refractivity contribution in [2.45, 2.75) is 53.4 Å². The number of hydrogen-bond donors (Lipinski definition) is 0. The monoisotopic (exact) mass is 303 g/mol. The highest BCUT2D eigenvalue weighted by Gasteiger charge is 2.02. The second-order valence-corrected chi connectivity index (χ2v) is 6.23. The average molecular weight is 303 g/mol. The van der Waals surface area contributed by atoms with E-state index in [9.17, 15) is 4.79 Å². The summed E-state index contributed by atoms with van der Waals surface area (Å²) in [6.07, 6.45) is 11.8. The lowest BCUT2D eigenvalue weighted by atomic mass is 10.0. The number of carbonyl (C=O) groups excluding carboxylic acids is 1. The Hall–Kier alpha value is -1.41. The van der Waals surface area contributed by atoms with Crippen molar-refractivity contribution in [1.29, 1.82) is 0 Å². The van der Waals surface area contributed by atoms with Crippen molar-refractivity contribution in [3.05, 3.63) is 47.6 Å². The highest BCUT2D eigenvalue weighted by molar-refractivity contribution is 5.94. The number of nitrogens with zero attached hydrogens (tertiary/aromatic N) is 1. The number of likely N-dealkylation sites (N-methyl/N-ethyl adjacent to an activating group) is 1. The van der Waals surface area contributed by atoms with Gasteiger partial charge in [-0.2, -0.15) is 0 Å². The van der Waals surface area contributed by atoms with E-state index in [4.69, 9.17) is 0 Å². The Bertz CT molecular complexity index is 437. The standard InChI is InChI=1S/C20H33NO/c1-7-15-21(6)16-14-18(4)11-9-12-19(5)20(22)13-8-10-17(2)3/h7,10,12,14H,1,8-9,11,13,15-16H2,2-6H3/b18-14+,19-12+. The summed E-state index contributed by atoms with van der Waals surface area (Å²) in [5.74, 6) is 0.268. The number of carbonyl (C=O) groups is 1. The van der Waals surface area contributed by atoms with Gasteiger partial charge >= 0.3 is 0 Å². The molecular weight excluding hydrogens is 270 g/mol. The molecule has 124 valence electrons. The summed E-state index contributed by atoms with van der Waals surface area (Å²) in [5.41, 5.74) is 3.55. The molecule has 0 N–H and O–H groups in total. The molecule has 2 nitrogen and oxygen atoms in total. The fourth-order valence-electron chi connectivity index (χ4n) is 2.03. The molecule has 0 saturated carbocycles. The summed E-state index contributed by atoms with van der Waals surface area (Å²) >= 11 is 0. The minimum absolute atomic E-state index is 0.268. The van der Waals surface area contributed by atoms with Gasteiger partial charge in [-0.25, -0.2) is 0 Å². The van der Waals surface area contributed by atoms with Gasteiger partial charge in [0.2, 0.25) is 0 Å². The van der Waals surface area contributed by atoms with E-state index >= 15 is 0 Å². The van der Waals surface area contributed by atoms with Gasteiger partial charge in [0, 0.05) is 19.5 Å². The quantitative estimate of drug-likeness (QED) is 0.391. The van der Waals surface area contributed by atoms with Crippen LogP contribution < -0.4 is 0 Å². The van der Waals surface area contributed by atoms with Gasteiger partial charge in [-0.05, 0) is 59.6 Å². The maximum absolute atomic E-state index is 12.0. The van der Waals surface area contributed by atoms with E-state index in [1.807, 2.05) is 13.0 Å². The zero-order valence-electron chi connectivity index (χ0n) is 15.1. The summed E-state index contributed by atoms with van der Waals surface area (Å²) in [5, 5.41) is 0. The third-order valence-corrected chi connectivity index (χ3v) is 3.55.